The predicted octanol–water partition coefficient (Wildman–Crippen LogP) is 8.03. The van der Waals surface area contributed by atoms with Crippen molar-refractivity contribution < 1.29 is 0 Å². The van der Waals surface area contributed by atoms with E-state index in [1.165, 1.54) is 63.4 Å². The summed E-state index contributed by atoms with van der Waals surface area (Å²) in [7, 11) is 0. The third-order valence-corrected chi connectivity index (χ3v) is 7.18. The first kappa shape index (κ1) is 20.8. The van der Waals surface area contributed by atoms with Gasteiger partial charge in [0.1, 0.15) is 0 Å². The lowest BCUT2D eigenvalue weighted by atomic mass is 9.62. The van der Waals surface area contributed by atoms with Gasteiger partial charge in [-0.15, -0.1) is 0 Å². The van der Waals surface area contributed by atoms with Gasteiger partial charge in [-0.2, -0.15) is 0 Å². The molecule has 2 aliphatic carbocycles. The molecule has 23 heavy (non-hydrogen) atoms. The van der Waals surface area contributed by atoms with Crippen LogP contribution in [0.2, 0.25) is 0 Å². The number of hydrogen-bond acceptors (Lipinski definition) is 0. The van der Waals surface area contributed by atoms with Gasteiger partial charge in [0.15, 0.2) is 0 Å². The maximum absolute atomic E-state index is 4.43. The SMILES string of the molecule is C=C(CC)C1CCC(C2CCCCC(C)(C)C2)C1(C)CC.CC. The largest absolute Gasteiger partial charge is 0.0996 e. The van der Waals surface area contributed by atoms with E-state index in [1.54, 1.807) is 0 Å². The second kappa shape index (κ2) is 8.72. The van der Waals surface area contributed by atoms with E-state index in [-0.39, 0.29) is 0 Å². The summed E-state index contributed by atoms with van der Waals surface area (Å²) in [5, 5.41) is 0. The van der Waals surface area contributed by atoms with E-state index in [0.29, 0.717) is 10.8 Å². The molecule has 2 rings (SSSR count). The van der Waals surface area contributed by atoms with Crippen LogP contribution in [0, 0.1) is 28.6 Å². The van der Waals surface area contributed by atoms with Gasteiger partial charge in [-0.25, -0.2) is 0 Å². The summed E-state index contributed by atoms with van der Waals surface area (Å²) in [4.78, 5) is 0. The molecular formula is C23H44. The van der Waals surface area contributed by atoms with E-state index >= 15 is 0 Å². The summed E-state index contributed by atoms with van der Waals surface area (Å²) in [5.74, 6) is 2.68. The molecule has 0 saturated heterocycles. The third kappa shape index (κ3) is 4.64. The van der Waals surface area contributed by atoms with Crippen LogP contribution in [0.3, 0.4) is 0 Å². The fourth-order valence-corrected chi connectivity index (χ4v) is 5.73. The highest BCUT2D eigenvalue weighted by Crippen LogP contribution is 2.58. The zero-order chi connectivity index (χ0) is 17.7. The van der Waals surface area contributed by atoms with Gasteiger partial charge in [0, 0.05) is 0 Å². The molecule has 0 amide bonds. The first-order chi connectivity index (χ1) is 10.8. The van der Waals surface area contributed by atoms with Crippen molar-refractivity contribution in [1.82, 2.24) is 0 Å². The van der Waals surface area contributed by atoms with Crippen LogP contribution >= 0.6 is 0 Å². The number of allylic oxidation sites excluding steroid dienone is 1. The number of hydrogen-bond donors (Lipinski definition) is 0. The van der Waals surface area contributed by atoms with Crippen molar-refractivity contribution in [2.24, 2.45) is 28.6 Å². The Morgan fingerprint density at radius 1 is 1.00 bits per heavy atom. The van der Waals surface area contributed by atoms with E-state index in [9.17, 15) is 0 Å². The predicted molar refractivity (Wildman–Crippen MR) is 106 cm³/mol. The van der Waals surface area contributed by atoms with Crippen molar-refractivity contribution in [3.05, 3.63) is 12.2 Å². The fourth-order valence-electron chi connectivity index (χ4n) is 5.73. The molecular weight excluding hydrogens is 276 g/mol. The van der Waals surface area contributed by atoms with Crippen LogP contribution < -0.4 is 0 Å². The molecule has 0 heterocycles. The Bertz CT molecular complexity index is 364. The lowest BCUT2D eigenvalue weighted by molar-refractivity contribution is 0.0880. The second-order valence-corrected chi connectivity index (χ2v) is 8.98. The van der Waals surface area contributed by atoms with Gasteiger partial charge in [0.2, 0.25) is 0 Å². The zero-order valence-electron chi connectivity index (χ0n) is 17.3. The van der Waals surface area contributed by atoms with Gasteiger partial charge < -0.3 is 0 Å². The van der Waals surface area contributed by atoms with Crippen LogP contribution in [0.5, 0.6) is 0 Å². The Labute approximate surface area is 147 Å². The van der Waals surface area contributed by atoms with Crippen molar-refractivity contribution in [1.29, 1.82) is 0 Å². The van der Waals surface area contributed by atoms with Gasteiger partial charge in [0.05, 0.1) is 0 Å². The molecule has 0 heteroatoms. The fraction of sp³-hybridized carbons (Fsp3) is 0.913. The van der Waals surface area contributed by atoms with Crippen LogP contribution in [0.15, 0.2) is 12.2 Å². The standard InChI is InChI=1S/C21H38.C2H6/c1-7-16(3)18-12-13-19(21(18,6)8-2)17-11-9-10-14-20(4,5)15-17;1-2/h17-19H,3,7-15H2,1-2,4-6H3;1-2H3. The molecule has 0 N–H and O–H groups in total. The van der Waals surface area contributed by atoms with E-state index in [4.69, 9.17) is 0 Å². The van der Waals surface area contributed by atoms with Gasteiger partial charge in [-0.05, 0) is 67.1 Å². The minimum absolute atomic E-state index is 0.512. The Balaban J connectivity index is 0.00000127. The normalized spacial score (nSPS) is 36.7. The molecule has 0 radical (unpaired) electrons. The average molecular weight is 321 g/mol. The summed E-state index contributed by atoms with van der Waals surface area (Å²) in [6.07, 6.45) is 12.6. The van der Waals surface area contributed by atoms with E-state index in [2.05, 4.69) is 41.2 Å². The van der Waals surface area contributed by atoms with Crippen LogP contribution in [-0.4, -0.2) is 0 Å². The van der Waals surface area contributed by atoms with Gasteiger partial charge in [0.25, 0.3) is 0 Å². The molecule has 0 spiro atoms. The highest BCUT2D eigenvalue weighted by Gasteiger charge is 2.49. The summed E-state index contributed by atoms with van der Waals surface area (Å²) in [5.41, 5.74) is 2.60. The van der Waals surface area contributed by atoms with E-state index in [0.717, 1.165) is 17.8 Å². The average Bonchev–Trinajstić information content (AvgIpc) is 2.78. The zero-order valence-corrected chi connectivity index (χ0v) is 17.3. The van der Waals surface area contributed by atoms with Crippen molar-refractivity contribution in [3.63, 3.8) is 0 Å². The maximum Gasteiger partial charge on any atom is -0.0149 e. The molecule has 2 fully saturated rings. The first-order valence-electron chi connectivity index (χ1n) is 10.5. The topological polar surface area (TPSA) is 0 Å². The highest BCUT2D eigenvalue weighted by atomic mass is 14.5. The molecule has 2 aliphatic rings. The number of rotatable bonds is 4. The lowest BCUT2D eigenvalue weighted by Gasteiger charge is -2.42. The van der Waals surface area contributed by atoms with Crippen LogP contribution in [0.4, 0.5) is 0 Å². The Kier molecular flexibility index (Phi) is 7.88. The monoisotopic (exact) mass is 320 g/mol. The quantitative estimate of drug-likeness (QED) is 0.363. The lowest BCUT2D eigenvalue weighted by Crippen LogP contribution is -2.34. The van der Waals surface area contributed by atoms with Gasteiger partial charge in [-0.3, -0.25) is 0 Å². The molecule has 2 saturated carbocycles. The summed E-state index contributed by atoms with van der Waals surface area (Å²) >= 11 is 0. The summed E-state index contributed by atoms with van der Waals surface area (Å²) in [6, 6.07) is 0. The van der Waals surface area contributed by atoms with Crippen LogP contribution in [0.25, 0.3) is 0 Å². The van der Waals surface area contributed by atoms with Crippen molar-refractivity contribution in [3.8, 4) is 0 Å². The van der Waals surface area contributed by atoms with Crippen LogP contribution in [-0.2, 0) is 0 Å². The highest BCUT2D eigenvalue weighted by molar-refractivity contribution is 5.12. The third-order valence-electron chi connectivity index (χ3n) is 7.18. The van der Waals surface area contributed by atoms with E-state index in [1.807, 2.05) is 13.8 Å². The molecule has 0 aliphatic heterocycles. The molecule has 4 unspecified atom stereocenters. The van der Waals surface area contributed by atoms with Crippen molar-refractivity contribution in [2.45, 2.75) is 106 Å². The summed E-state index contributed by atoms with van der Waals surface area (Å²) < 4.78 is 0. The summed E-state index contributed by atoms with van der Waals surface area (Å²) in [6.45, 7) is 20.7. The smallest absolute Gasteiger partial charge is 0.0149 e. The second-order valence-electron chi connectivity index (χ2n) is 8.98. The first-order valence-corrected chi connectivity index (χ1v) is 10.5. The Morgan fingerprint density at radius 2 is 1.65 bits per heavy atom. The maximum atomic E-state index is 4.43. The van der Waals surface area contributed by atoms with E-state index < -0.39 is 0 Å². The molecule has 136 valence electrons. The Hall–Kier alpha value is -0.260. The molecule has 0 bridgehead atoms. The van der Waals surface area contributed by atoms with Gasteiger partial charge in [-0.1, -0.05) is 79.9 Å². The molecule has 4 atom stereocenters. The van der Waals surface area contributed by atoms with Gasteiger partial charge >= 0.3 is 0 Å². The minimum Gasteiger partial charge on any atom is -0.0996 e. The molecule has 0 aromatic rings. The van der Waals surface area contributed by atoms with Crippen LogP contribution in [0.1, 0.15) is 106 Å². The molecule has 0 aromatic heterocycles. The van der Waals surface area contributed by atoms with Crippen molar-refractivity contribution >= 4 is 0 Å². The molecule has 0 nitrogen and oxygen atoms in total. The Morgan fingerprint density at radius 3 is 2.22 bits per heavy atom. The minimum atomic E-state index is 0.512. The molecule has 0 aromatic carbocycles. The van der Waals surface area contributed by atoms with Crippen molar-refractivity contribution in [2.75, 3.05) is 0 Å².